The summed E-state index contributed by atoms with van der Waals surface area (Å²) in [5.74, 6) is -0.0626. The molecule has 4 amide bonds. The van der Waals surface area contributed by atoms with Gasteiger partial charge >= 0.3 is 12.1 Å². The van der Waals surface area contributed by atoms with Gasteiger partial charge in [-0.1, -0.05) is 6.07 Å². The maximum Gasteiger partial charge on any atom is 0.319 e. The van der Waals surface area contributed by atoms with Crippen LogP contribution in [0.3, 0.4) is 0 Å². The second-order valence-corrected chi connectivity index (χ2v) is 11.6. The van der Waals surface area contributed by atoms with Gasteiger partial charge in [0.25, 0.3) is 0 Å². The van der Waals surface area contributed by atoms with Crippen molar-refractivity contribution in [1.82, 2.24) is 30.4 Å². The number of carbonyl (C=O) groups excluding carboxylic acids is 2. The topological polar surface area (TPSA) is 132 Å². The van der Waals surface area contributed by atoms with Crippen molar-refractivity contribution in [2.75, 3.05) is 44.6 Å². The number of nitrogens with one attached hydrogen (secondary N) is 3. The van der Waals surface area contributed by atoms with Crippen LogP contribution in [0, 0.1) is 5.82 Å². The highest BCUT2D eigenvalue weighted by molar-refractivity contribution is 7.22. The molecule has 0 spiro atoms. The van der Waals surface area contributed by atoms with Gasteiger partial charge in [0, 0.05) is 75.5 Å². The van der Waals surface area contributed by atoms with E-state index in [0.717, 1.165) is 58.8 Å². The highest BCUT2D eigenvalue weighted by atomic mass is 32.1. The van der Waals surface area contributed by atoms with E-state index in [1.807, 2.05) is 24.4 Å². The third-order valence-electron chi connectivity index (χ3n) is 7.23. The Hall–Kier alpha value is -4.33. The number of pyridine rings is 2. The lowest BCUT2D eigenvalue weighted by atomic mass is 10.2. The van der Waals surface area contributed by atoms with E-state index in [4.69, 9.17) is 9.84 Å². The molecular weight excluding hydrogens is 573 g/mol. The van der Waals surface area contributed by atoms with Gasteiger partial charge in [-0.2, -0.15) is 0 Å². The number of hydrogen-bond donors (Lipinski definition) is 4. The average Bonchev–Trinajstić information content (AvgIpc) is 3.71. The van der Waals surface area contributed by atoms with Crippen LogP contribution in [0.15, 0.2) is 54.9 Å². The zero-order valence-electron chi connectivity index (χ0n) is 23.4. The fraction of sp³-hybridized carbons (Fsp3) is 0.333. The number of piperazine rings is 1. The molecule has 0 radical (unpaired) electrons. The molecule has 224 valence electrons. The van der Waals surface area contributed by atoms with E-state index in [0.29, 0.717) is 24.5 Å². The molecule has 0 unspecified atom stereocenters. The first-order chi connectivity index (χ1) is 20.9. The zero-order valence-corrected chi connectivity index (χ0v) is 24.2. The molecule has 3 aromatic heterocycles. The second kappa shape index (κ2) is 12.9. The third-order valence-corrected chi connectivity index (χ3v) is 8.39. The summed E-state index contributed by atoms with van der Waals surface area (Å²) in [4.78, 5) is 38.2. The highest BCUT2D eigenvalue weighted by Crippen LogP contribution is 2.39. The number of aliphatic hydroxyl groups excluding tert-OH is 1. The molecule has 1 aromatic carbocycles. The van der Waals surface area contributed by atoms with Crippen LogP contribution < -0.4 is 20.7 Å². The van der Waals surface area contributed by atoms with Gasteiger partial charge in [-0.15, -0.1) is 11.3 Å². The largest absolute Gasteiger partial charge is 0.453 e. The quantitative estimate of drug-likeness (QED) is 0.223. The standard InChI is InChI=1S/C30H32FN7O4S/c31-22-15-21(36-29(40)35-20-2-3-20)4-6-25(22)42-26-7-8-32-24-16-27(43-28(24)26)23-5-1-19(17-34-23)18-37-10-12-38(13-11-37)30(41)33-9-14-39/h1,4-8,15-17,20,39H,2-3,9-14,18H2,(H,33,41)(H2,35,36,40). The van der Waals surface area contributed by atoms with Gasteiger partial charge in [0.15, 0.2) is 11.6 Å². The molecule has 1 saturated heterocycles. The summed E-state index contributed by atoms with van der Waals surface area (Å²) >= 11 is 1.47. The van der Waals surface area contributed by atoms with Crippen LogP contribution in [0.5, 0.6) is 11.5 Å². The number of amides is 4. The number of nitrogens with zero attached hydrogens (tertiary/aromatic N) is 4. The molecule has 43 heavy (non-hydrogen) atoms. The minimum absolute atomic E-state index is 0.0460. The van der Waals surface area contributed by atoms with Gasteiger partial charge < -0.3 is 30.7 Å². The summed E-state index contributed by atoms with van der Waals surface area (Å²) in [6, 6.07) is 11.7. The predicted octanol–water partition coefficient (Wildman–Crippen LogP) is 4.39. The molecular formula is C30H32FN7O4S. The van der Waals surface area contributed by atoms with Crippen LogP contribution in [-0.4, -0.2) is 82.3 Å². The van der Waals surface area contributed by atoms with Crippen molar-refractivity contribution in [3.63, 3.8) is 0 Å². The van der Waals surface area contributed by atoms with Crippen molar-refractivity contribution >= 4 is 39.3 Å². The van der Waals surface area contributed by atoms with Gasteiger partial charge in [-0.25, -0.2) is 14.0 Å². The minimum atomic E-state index is -0.588. The number of ether oxygens (including phenoxy) is 1. The van der Waals surface area contributed by atoms with Gasteiger partial charge in [-0.3, -0.25) is 14.9 Å². The van der Waals surface area contributed by atoms with E-state index in [9.17, 15) is 14.0 Å². The maximum atomic E-state index is 14.9. The molecule has 11 nitrogen and oxygen atoms in total. The van der Waals surface area contributed by atoms with Crippen molar-refractivity contribution in [3.8, 4) is 22.1 Å². The van der Waals surface area contributed by atoms with Gasteiger partial charge in [0.1, 0.15) is 5.75 Å². The Morgan fingerprint density at radius 2 is 1.88 bits per heavy atom. The van der Waals surface area contributed by atoms with Crippen LogP contribution in [-0.2, 0) is 6.54 Å². The van der Waals surface area contributed by atoms with E-state index >= 15 is 0 Å². The number of carbonyl (C=O) groups is 2. The number of urea groups is 2. The normalized spacial score (nSPS) is 15.3. The molecule has 0 atom stereocenters. The molecule has 1 aliphatic carbocycles. The Balaban J connectivity index is 1.08. The fourth-order valence-corrected chi connectivity index (χ4v) is 5.83. The molecule has 1 aliphatic heterocycles. The van der Waals surface area contributed by atoms with Crippen molar-refractivity contribution in [3.05, 3.63) is 66.2 Å². The average molecular weight is 606 g/mol. The molecule has 4 heterocycles. The third kappa shape index (κ3) is 7.19. The lowest BCUT2D eigenvalue weighted by Gasteiger charge is -2.34. The molecule has 2 fully saturated rings. The van der Waals surface area contributed by atoms with E-state index < -0.39 is 5.82 Å². The van der Waals surface area contributed by atoms with Crippen LogP contribution in [0.1, 0.15) is 18.4 Å². The number of aromatic nitrogens is 2. The lowest BCUT2D eigenvalue weighted by molar-refractivity contribution is 0.134. The van der Waals surface area contributed by atoms with E-state index in [2.05, 4.69) is 30.8 Å². The Morgan fingerprint density at radius 1 is 1.05 bits per heavy atom. The zero-order chi connectivity index (χ0) is 29.8. The van der Waals surface area contributed by atoms with Crippen molar-refractivity contribution in [2.24, 2.45) is 0 Å². The molecule has 0 bridgehead atoms. The van der Waals surface area contributed by atoms with E-state index in [1.54, 1.807) is 23.2 Å². The van der Waals surface area contributed by atoms with E-state index in [-0.39, 0.29) is 37.0 Å². The summed E-state index contributed by atoms with van der Waals surface area (Å²) in [7, 11) is 0. The number of rotatable bonds is 9. The second-order valence-electron chi connectivity index (χ2n) is 10.5. The van der Waals surface area contributed by atoms with Crippen LogP contribution in [0.2, 0.25) is 0 Å². The number of fused-ring (bicyclic) bond motifs is 1. The van der Waals surface area contributed by atoms with Crippen molar-refractivity contribution in [1.29, 1.82) is 0 Å². The molecule has 2 aliphatic rings. The Bertz CT molecular complexity index is 1600. The number of halogens is 1. The highest BCUT2D eigenvalue weighted by Gasteiger charge is 2.24. The van der Waals surface area contributed by atoms with Crippen LogP contribution in [0.4, 0.5) is 19.7 Å². The first-order valence-corrected chi connectivity index (χ1v) is 15.0. The smallest absolute Gasteiger partial charge is 0.319 e. The first kappa shape index (κ1) is 28.8. The maximum absolute atomic E-state index is 14.9. The SMILES string of the molecule is O=C(Nc1ccc(Oc2ccnc3cc(-c4ccc(CN5CCN(C(=O)NCCO)CC5)cn4)sc23)c(F)c1)NC1CC1. The Morgan fingerprint density at radius 3 is 2.60 bits per heavy atom. The monoisotopic (exact) mass is 605 g/mol. The summed E-state index contributed by atoms with van der Waals surface area (Å²) in [5, 5.41) is 17.0. The van der Waals surface area contributed by atoms with Gasteiger partial charge in [-0.05, 0) is 42.7 Å². The molecule has 4 N–H and O–H groups in total. The number of thiophene rings is 1. The number of benzene rings is 1. The fourth-order valence-electron chi connectivity index (χ4n) is 4.79. The summed E-state index contributed by atoms with van der Waals surface area (Å²) in [6.45, 7) is 3.69. The molecule has 4 aromatic rings. The first-order valence-electron chi connectivity index (χ1n) is 14.2. The molecule has 13 heteroatoms. The van der Waals surface area contributed by atoms with Gasteiger partial charge in [0.2, 0.25) is 0 Å². The lowest BCUT2D eigenvalue weighted by Crippen LogP contribution is -2.51. The van der Waals surface area contributed by atoms with Crippen molar-refractivity contribution < 1.29 is 23.8 Å². The predicted molar refractivity (Wildman–Crippen MR) is 162 cm³/mol. The number of hydrogen-bond acceptors (Lipinski definition) is 8. The van der Waals surface area contributed by atoms with Crippen LogP contribution in [0.25, 0.3) is 20.8 Å². The van der Waals surface area contributed by atoms with Gasteiger partial charge in [0.05, 0.1) is 27.4 Å². The number of aliphatic hydroxyl groups is 1. The summed E-state index contributed by atoms with van der Waals surface area (Å²) in [6.07, 6.45) is 5.42. The molecule has 6 rings (SSSR count). The number of anilines is 1. The van der Waals surface area contributed by atoms with Crippen molar-refractivity contribution in [2.45, 2.75) is 25.4 Å². The Kier molecular flexibility index (Phi) is 8.63. The Labute approximate surface area is 251 Å². The summed E-state index contributed by atoms with van der Waals surface area (Å²) in [5.41, 5.74) is 2.94. The molecule has 1 saturated carbocycles. The minimum Gasteiger partial charge on any atom is -0.453 e. The van der Waals surface area contributed by atoms with E-state index in [1.165, 1.54) is 23.5 Å². The van der Waals surface area contributed by atoms with Crippen LogP contribution >= 0.6 is 11.3 Å². The summed E-state index contributed by atoms with van der Waals surface area (Å²) < 4.78 is 21.6.